The van der Waals surface area contributed by atoms with Gasteiger partial charge < -0.3 is 14.2 Å². The number of cyclic esters (lactones) is 2. The van der Waals surface area contributed by atoms with Crippen molar-refractivity contribution in [1.82, 2.24) is 0 Å². The second kappa shape index (κ2) is 7.00. The molecular formula is C19H26O7. The minimum absolute atomic E-state index is 0.0252. The van der Waals surface area contributed by atoms with Gasteiger partial charge in [-0.05, 0) is 50.4 Å². The lowest BCUT2D eigenvalue weighted by Gasteiger charge is -2.36. The summed E-state index contributed by atoms with van der Waals surface area (Å²) in [5, 5.41) is 0. The van der Waals surface area contributed by atoms with Crippen LogP contribution in [0, 0.1) is 41.4 Å². The third-order valence-corrected chi connectivity index (χ3v) is 6.51. The van der Waals surface area contributed by atoms with Crippen molar-refractivity contribution in [3.63, 3.8) is 0 Å². The average molecular weight is 366 g/mol. The van der Waals surface area contributed by atoms with E-state index in [0.717, 1.165) is 6.42 Å². The van der Waals surface area contributed by atoms with Gasteiger partial charge >= 0.3 is 23.9 Å². The number of esters is 4. The molecule has 0 amide bonds. The Hall–Kier alpha value is -1.92. The molecule has 0 radical (unpaired) electrons. The molecule has 26 heavy (non-hydrogen) atoms. The quantitative estimate of drug-likeness (QED) is 0.415. The third kappa shape index (κ3) is 3.01. The lowest BCUT2D eigenvalue weighted by Crippen LogP contribution is -2.40. The van der Waals surface area contributed by atoms with E-state index in [9.17, 15) is 19.2 Å². The minimum Gasteiger partial charge on any atom is -0.463 e. The fourth-order valence-electron chi connectivity index (χ4n) is 5.20. The molecular weight excluding hydrogens is 340 g/mol. The summed E-state index contributed by atoms with van der Waals surface area (Å²) < 4.78 is 15.0. The Morgan fingerprint density at radius 2 is 1.88 bits per heavy atom. The highest BCUT2D eigenvalue weighted by atomic mass is 16.6. The van der Waals surface area contributed by atoms with Crippen LogP contribution in [0.15, 0.2) is 0 Å². The fraction of sp³-hybridized carbons (Fsp3) is 0.789. The summed E-state index contributed by atoms with van der Waals surface area (Å²) in [5.74, 6) is -2.80. The van der Waals surface area contributed by atoms with E-state index in [2.05, 4.69) is 6.92 Å². The van der Waals surface area contributed by atoms with E-state index in [1.54, 1.807) is 13.8 Å². The van der Waals surface area contributed by atoms with Crippen LogP contribution in [0.5, 0.6) is 0 Å². The molecule has 1 saturated heterocycles. The smallest absolute Gasteiger partial charge is 0.347 e. The first-order valence-electron chi connectivity index (χ1n) is 9.38. The third-order valence-electron chi connectivity index (χ3n) is 6.51. The number of ether oxygens (including phenoxy) is 3. The number of fused-ring (bicyclic) bond motifs is 2. The van der Waals surface area contributed by atoms with Crippen LogP contribution >= 0.6 is 0 Å². The lowest BCUT2D eigenvalue weighted by molar-refractivity contribution is -0.171. The molecule has 0 aromatic heterocycles. The molecule has 0 N–H and O–H groups in total. The van der Waals surface area contributed by atoms with Gasteiger partial charge in [0.25, 0.3) is 0 Å². The first-order chi connectivity index (χ1) is 12.3. The van der Waals surface area contributed by atoms with Gasteiger partial charge in [-0.1, -0.05) is 13.8 Å². The molecule has 3 fully saturated rings. The Kier molecular flexibility index (Phi) is 5.08. The number of carbonyl (C=O) groups excluding carboxylic acids is 4. The fourth-order valence-corrected chi connectivity index (χ4v) is 5.20. The summed E-state index contributed by atoms with van der Waals surface area (Å²) in [4.78, 5) is 48.3. The Balaban J connectivity index is 1.72. The van der Waals surface area contributed by atoms with E-state index in [4.69, 9.17) is 14.2 Å². The van der Waals surface area contributed by atoms with E-state index in [-0.39, 0.29) is 30.3 Å². The highest BCUT2D eigenvalue weighted by molar-refractivity contribution is 5.96. The van der Waals surface area contributed by atoms with E-state index >= 15 is 0 Å². The molecule has 0 aromatic rings. The number of hydrogen-bond donors (Lipinski definition) is 0. The first kappa shape index (κ1) is 18.9. The summed E-state index contributed by atoms with van der Waals surface area (Å²) in [7, 11) is 0. The zero-order chi connectivity index (χ0) is 19.2. The first-order valence-corrected chi connectivity index (χ1v) is 9.38. The van der Waals surface area contributed by atoms with E-state index < -0.39 is 41.8 Å². The summed E-state index contributed by atoms with van der Waals surface area (Å²) >= 11 is 0. The molecule has 0 aromatic carbocycles. The molecule has 3 aliphatic rings. The van der Waals surface area contributed by atoms with Gasteiger partial charge in [-0.25, -0.2) is 4.79 Å². The van der Waals surface area contributed by atoms with Crippen LogP contribution in [-0.4, -0.2) is 36.6 Å². The van der Waals surface area contributed by atoms with Crippen LogP contribution in [0.25, 0.3) is 0 Å². The predicted octanol–water partition coefficient (Wildman–Crippen LogP) is 1.73. The molecule has 8 unspecified atom stereocenters. The molecule has 144 valence electrons. The highest BCUT2D eigenvalue weighted by Gasteiger charge is 2.60. The van der Waals surface area contributed by atoms with Crippen molar-refractivity contribution in [2.45, 2.75) is 46.6 Å². The van der Waals surface area contributed by atoms with Gasteiger partial charge in [-0.15, -0.1) is 0 Å². The van der Waals surface area contributed by atoms with Crippen LogP contribution in [0.3, 0.4) is 0 Å². The molecule has 2 saturated carbocycles. The summed E-state index contributed by atoms with van der Waals surface area (Å²) in [6.07, 6.45) is 0.583. The van der Waals surface area contributed by atoms with Gasteiger partial charge in [0.2, 0.25) is 0 Å². The maximum absolute atomic E-state index is 12.6. The van der Waals surface area contributed by atoms with Gasteiger partial charge in [0.15, 0.2) is 6.10 Å². The van der Waals surface area contributed by atoms with Crippen LogP contribution in [0.1, 0.15) is 40.5 Å². The number of hydrogen-bond acceptors (Lipinski definition) is 7. The van der Waals surface area contributed by atoms with Crippen molar-refractivity contribution in [1.29, 1.82) is 0 Å². The SMILES string of the molecule is CCOC(=O)C(C)OC(=O)C1CC2CC1C(C1C(=O)OC(=O)C1C)C2C. The van der Waals surface area contributed by atoms with Crippen molar-refractivity contribution in [2.75, 3.05) is 6.61 Å². The molecule has 7 heteroatoms. The average Bonchev–Trinajstić information content (AvgIpc) is 3.21. The zero-order valence-corrected chi connectivity index (χ0v) is 15.6. The van der Waals surface area contributed by atoms with Crippen LogP contribution in [0.4, 0.5) is 0 Å². The zero-order valence-electron chi connectivity index (χ0n) is 15.6. The minimum atomic E-state index is -0.950. The van der Waals surface area contributed by atoms with Crippen molar-refractivity contribution < 1.29 is 33.4 Å². The second-order valence-electron chi connectivity index (χ2n) is 7.82. The lowest BCUT2D eigenvalue weighted by atomic mass is 9.66. The Morgan fingerprint density at radius 1 is 1.19 bits per heavy atom. The van der Waals surface area contributed by atoms with E-state index in [0.29, 0.717) is 12.3 Å². The van der Waals surface area contributed by atoms with E-state index in [1.807, 2.05) is 0 Å². The Morgan fingerprint density at radius 3 is 2.42 bits per heavy atom. The van der Waals surface area contributed by atoms with Gasteiger partial charge in [0.1, 0.15) is 0 Å². The Labute approximate surface area is 152 Å². The van der Waals surface area contributed by atoms with Crippen molar-refractivity contribution >= 4 is 23.9 Å². The molecule has 7 nitrogen and oxygen atoms in total. The van der Waals surface area contributed by atoms with Crippen LogP contribution in [0.2, 0.25) is 0 Å². The number of carbonyl (C=O) groups is 4. The monoisotopic (exact) mass is 366 g/mol. The van der Waals surface area contributed by atoms with Crippen molar-refractivity contribution in [2.24, 2.45) is 41.4 Å². The summed E-state index contributed by atoms with van der Waals surface area (Å²) in [6, 6.07) is 0. The maximum atomic E-state index is 12.6. The van der Waals surface area contributed by atoms with Gasteiger partial charge in [-0.2, -0.15) is 0 Å². The molecule has 1 heterocycles. The summed E-state index contributed by atoms with van der Waals surface area (Å²) in [6.45, 7) is 7.22. The standard InChI is InChI=1S/C19H26O7/c1-5-24-17(21)10(4)25-18(22)13-7-11-6-12(13)14(8(11)2)15-9(3)16(20)26-19(15)23/h8-15H,5-7H2,1-4H3. The molecule has 2 aliphatic carbocycles. The van der Waals surface area contributed by atoms with Gasteiger partial charge in [-0.3, -0.25) is 14.4 Å². The predicted molar refractivity (Wildman–Crippen MR) is 88.3 cm³/mol. The van der Waals surface area contributed by atoms with Gasteiger partial charge in [0.05, 0.1) is 24.4 Å². The normalized spacial score (nSPS) is 39.6. The van der Waals surface area contributed by atoms with E-state index in [1.165, 1.54) is 6.92 Å². The number of rotatable bonds is 5. The van der Waals surface area contributed by atoms with Crippen LogP contribution in [-0.2, 0) is 33.4 Å². The largest absolute Gasteiger partial charge is 0.463 e. The Bertz CT molecular complexity index is 627. The molecule has 1 aliphatic heterocycles. The molecule has 2 bridgehead atoms. The highest BCUT2D eigenvalue weighted by Crippen LogP contribution is 2.59. The van der Waals surface area contributed by atoms with Crippen molar-refractivity contribution in [3.8, 4) is 0 Å². The second-order valence-corrected chi connectivity index (χ2v) is 7.82. The topological polar surface area (TPSA) is 96.0 Å². The molecule has 0 spiro atoms. The molecule has 3 rings (SSSR count). The molecule has 8 atom stereocenters. The van der Waals surface area contributed by atoms with Crippen molar-refractivity contribution in [3.05, 3.63) is 0 Å². The van der Waals surface area contributed by atoms with Gasteiger partial charge in [0, 0.05) is 0 Å². The van der Waals surface area contributed by atoms with Crippen LogP contribution < -0.4 is 0 Å². The summed E-state index contributed by atoms with van der Waals surface area (Å²) in [5.41, 5.74) is 0. The maximum Gasteiger partial charge on any atom is 0.347 e.